The molecule has 0 radical (unpaired) electrons. The Balaban J connectivity index is 1.62. The van der Waals surface area contributed by atoms with Gasteiger partial charge in [0.05, 0.1) is 11.6 Å². The van der Waals surface area contributed by atoms with Gasteiger partial charge in [0, 0.05) is 18.2 Å². The van der Waals surface area contributed by atoms with Crippen molar-refractivity contribution in [3.63, 3.8) is 0 Å². The van der Waals surface area contributed by atoms with Crippen molar-refractivity contribution in [2.24, 2.45) is 0 Å². The number of likely N-dealkylation sites (tertiary alicyclic amines) is 1. The van der Waals surface area contributed by atoms with Gasteiger partial charge in [-0.25, -0.2) is 9.37 Å². The molecule has 1 aliphatic heterocycles. The first-order valence-corrected chi connectivity index (χ1v) is 9.20. The maximum Gasteiger partial charge on any atom is 0.250 e. The van der Waals surface area contributed by atoms with E-state index in [4.69, 9.17) is 10.00 Å². The number of piperidine rings is 1. The lowest BCUT2D eigenvalue weighted by Crippen LogP contribution is -2.34. The molecule has 0 unspecified atom stereocenters. The Hall–Kier alpha value is -2.71. The molecule has 0 aliphatic carbocycles. The van der Waals surface area contributed by atoms with E-state index < -0.39 is 5.82 Å². The first kappa shape index (κ1) is 19.1. The summed E-state index contributed by atoms with van der Waals surface area (Å²) in [6.07, 6.45) is 2.00. The third-order valence-corrected chi connectivity index (χ3v) is 4.79. The molecule has 3 rings (SSSR count). The number of hydrogen-bond acceptors (Lipinski definition) is 4. The van der Waals surface area contributed by atoms with Gasteiger partial charge in [-0.15, -0.1) is 0 Å². The van der Waals surface area contributed by atoms with Gasteiger partial charge in [-0.1, -0.05) is 24.3 Å². The molecule has 0 spiro atoms. The van der Waals surface area contributed by atoms with Crippen LogP contribution in [-0.4, -0.2) is 29.5 Å². The number of nitriles is 1. The lowest BCUT2D eigenvalue weighted by molar-refractivity contribution is 0.224. The highest BCUT2D eigenvalue weighted by atomic mass is 19.1. The molecule has 1 aliphatic rings. The first-order valence-electron chi connectivity index (χ1n) is 9.20. The van der Waals surface area contributed by atoms with Crippen molar-refractivity contribution in [3.05, 3.63) is 71.2 Å². The van der Waals surface area contributed by atoms with E-state index in [9.17, 15) is 4.39 Å². The summed E-state index contributed by atoms with van der Waals surface area (Å²) in [6.45, 7) is 9.17. The van der Waals surface area contributed by atoms with Crippen LogP contribution in [0.2, 0.25) is 0 Å². The molecular weight excluding hydrogens is 341 g/mol. The molecule has 140 valence electrons. The molecule has 1 saturated heterocycles. The molecule has 4 nitrogen and oxygen atoms in total. The molecule has 0 atom stereocenters. The Kier molecular flexibility index (Phi) is 6.20. The van der Waals surface area contributed by atoms with E-state index in [0.717, 1.165) is 43.7 Å². The smallest absolute Gasteiger partial charge is 0.250 e. The summed E-state index contributed by atoms with van der Waals surface area (Å²) in [5, 5.41) is 8.84. The van der Waals surface area contributed by atoms with Gasteiger partial charge < -0.3 is 4.74 Å². The number of hydrogen-bond donors (Lipinski definition) is 0. The van der Waals surface area contributed by atoms with Gasteiger partial charge in [-0.3, -0.25) is 4.90 Å². The highest BCUT2D eigenvalue weighted by molar-refractivity contribution is 5.31. The second-order valence-electron chi connectivity index (χ2n) is 7.13. The van der Waals surface area contributed by atoms with Gasteiger partial charge in [-0.05, 0) is 62.7 Å². The SMILES string of the molecule is C=C(C)CN1CCC(c2ccc(F)c(OCc3ccc(C#N)cc3)n2)CC1. The van der Waals surface area contributed by atoms with E-state index in [1.807, 2.05) is 6.92 Å². The summed E-state index contributed by atoms with van der Waals surface area (Å²) in [5.41, 5.74) is 3.52. The molecule has 5 heteroatoms. The Morgan fingerprint density at radius 1 is 1.26 bits per heavy atom. The summed E-state index contributed by atoms with van der Waals surface area (Å²) in [7, 11) is 0. The zero-order chi connectivity index (χ0) is 19.2. The standard InChI is InChI=1S/C22H24FN3O/c1-16(2)14-26-11-9-19(10-12-26)21-8-7-20(23)22(25-21)27-15-18-5-3-17(13-24)4-6-18/h3-8,19H,1,9-12,14-15H2,2H3. The van der Waals surface area contributed by atoms with Crippen molar-refractivity contribution in [2.75, 3.05) is 19.6 Å². The summed E-state index contributed by atoms with van der Waals surface area (Å²) in [4.78, 5) is 6.84. The second-order valence-corrected chi connectivity index (χ2v) is 7.13. The Labute approximate surface area is 159 Å². The highest BCUT2D eigenvalue weighted by Gasteiger charge is 2.22. The maximum atomic E-state index is 14.1. The third-order valence-electron chi connectivity index (χ3n) is 4.79. The van der Waals surface area contributed by atoms with E-state index in [1.165, 1.54) is 11.6 Å². The molecule has 0 saturated carbocycles. The van der Waals surface area contributed by atoms with Crippen LogP contribution in [-0.2, 0) is 6.61 Å². The number of ether oxygens (including phenoxy) is 1. The minimum atomic E-state index is -0.452. The van der Waals surface area contributed by atoms with E-state index in [0.29, 0.717) is 11.5 Å². The van der Waals surface area contributed by atoms with Crippen molar-refractivity contribution in [3.8, 4) is 11.9 Å². The number of benzene rings is 1. The van der Waals surface area contributed by atoms with Crippen molar-refractivity contribution < 1.29 is 9.13 Å². The van der Waals surface area contributed by atoms with Crippen LogP contribution >= 0.6 is 0 Å². The van der Waals surface area contributed by atoms with Crippen LogP contribution in [0.3, 0.4) is 0 Å². The zero-order valence-corrected chi connectivity index (χ0v) is 15.6. The molecule has 1 fully saturated rings. The fourth-order valence-corrected chi connectivity index (χ4v) is 3.36. The molecule has 2 aromatic rings. The third kappa shape index (κ3) is 5.15. The van der Waals surface area contributed by atoms with Crippen molar-refractivity contribution in [2.45, 2.75) is 32.3 Å². The van der Waals surface area contributed by atoms with Crippen LogP contribution in [0.1, 0.15) is 42.5 Å². The highest BCUT2D eigenvalue weighted by Crippen LogP contribution is 2.29. The average Bonchev–Trinajstić information content (AvgIpc) is 2.68. The topological polar surface area (TPSA) is 49.1 Å². The number of aromatic nitrogens is 1. The second kappa shape index (κ2) is 8.79. The fourth-order valence-electron chi connectivity index (χ4n) is 3.36. The number of pyridine rings is 1. The number of nitrogens with zero attached hydrogens (tertiary/aromatic N) is 3. The predicted octanol–water partition coefficient (Wildman–Crippen LogP) is 4.43. The van der Waals surface area contributed by atoms with Crippen LogP contribution in [0.15, 0.2) is 48.6 Å². The summed E-state index contributed by atoms with van der Waals surface area (Å²) >= 11 is 0. The largest absolute Gasteiger partial charge is 0.471 e. The monoisotopic (exact) mass is 365 g/mol. The molecule has 0 bridgehead atoms. The molecule has 1 aromatic heterocycles. The minimum Gasteiger partial charge on any atom is -0.471 e. The van der Waals surface area contributed by atoms with E-state index in [-0.39, 0.29) is 12.5 Å². The lowest BCUT2D eigenvalue weighted by atomic mass is 9.93. The molecular formula is C22H24FN3O. The van der Waals surface area contributed by atoms with Crippen molar-refractivity contribution in [1.29, 1.82) is 5.26 Å². The maximum absolute atomic E-state index is 14.1. The molecule has 1 aromatic carbocycles. The Bertz CT molecular complexity index is 834. The van der Waals surface area contributed by atoms with Crippen LogP contribution < -0.4 is 4.74 Å². The minimum absolute atomic E-state index is 0.0428. The van der Waals surface area contributed by atoms with E-state index in [1.54, 1.807) is 30.3 Å². The van der Waals surface area contributed by atoms with Gasteiger partial charge in [0.15, 0.2) is 5.82 Å². The Morgan fingerprint density at radius 3 is 2.59 bits per heavy atom. The summed E-state index contributed by atoms with van der Waals surface area (Å²) in [6, 6.07) is 12.3. The fraction of sp³-hybridized carbons (Fsp3) is 0.364. The van der Waals surface area contributed by atoms with Gasteiger partial charge in [-0.2, -0.15) is 5.26 Å². The number of rotatable bonds is 6. The van der Waals surface area contributed by atoms with Gasteiger partial charge in [0.2, 0.25) is 0 Å². The Morgan fingerprint density at radius 2 is 1.96 bits per heavy atom. The molecule has 0 N–H and O–H groups in total. The van der Waals surface area contributed by atoms with Crippen molar-refractivity contribution in [1.82, 2.24) is 9.88 Å². The number of halogens is 1. The average molecular weight is 365 g/mol. The first-order chi connectivity index (χ1) is 13.0. The molecule has 2 heterocycles. The van der Waals surface area contributed by atoms with Crippen LogP contribution in [0.5, 0.6) is 5.88 Å². The van der Waals surface area contributed by atoms with E-state index >= 15 is 0 Å². The van der Waals surface area contributed by atoms with Crippen LogP contribution in [0.25, 0.3) is 0 Å². The van der Waals surface area contributed by atoms with Crippen LogP contribution in [0.4, 0.5) is 4.39 Å². The predicted molar refractivity (Wildman–Crippen MR) is 103 cm³/mol. The van der Waals surface area contributed by atoms with Gasteiger partial charge in [0.1, 0.15) is 6.61 Å². The van der Waals surface area contributed by atoms with Gasteiger partial charge >= 0.3 is 0 Å². The lowest BCUT2D eigenvalue weighted by Gasteiger charge is -2.31. The van der Waals surface area contributed by atoms with Crippen molar-refractivity contribution >= 4 is 0 Å². The molecule has 27 heavy (non-hydrogen) atoms. The van der Waals surface area contributed by atoms with Gasteiger partial charge in [0.25, 0.3) is 5.88 Å². The van der Waals surface area contributed by atoms with Crippen LogP contribution in [0, 0.1) is 17.1 Å². The van der Waals surface area contributed by atoms with E-state index in [2.05, 4.69) is 22.5 Å². The quantitative estimate of drug-likeness (QED) is 0.711. The molecule has 0 amide bonds. The zero-order valence-electron chi connectivity index (χ0n) is 15.6. The summed E-state index contributed by atoms with van der Waals surface area (Å²) in [5.74, 6) is -0.0856. The normalized spacial score (nSPS) is 15.3. The summed E-state index contributed by atoms with van der Waals surface area (Å²) < 4.78 is 19.7.